The number of rotatable bonds is 7. The highest BCUT2D eigenvalue weighted by Gasteiger charge is 2.09. The van der Waals surface area contributed by atoms with Crippen molar-refractivity contribution in [1.82, 2.24) is 5.32 Å². The van der Waals surface area contributed by atoms with Crippen LogP contribution in [-0.2, 0) is 4.79 Å². The SMILES string of the molecule is NCCCNC(=O)CCC(=O)c1cccs1. The molecule has 1 aromatic heterocycles. The number of amides is 1. The zero-order valence-corrected chi connectivity index (χ0v) is 9.89. The Morgan fingerprint density at radius 2 is 2.19 bits per heavy atom. The number of carbonyl (C=O) groups is 2. The van der Waals surface area contributed by atoms with Crippen LogP contribution in [0.2, 0.25) is 0 Å². The van der Waals surface area contributed by atoms with Crippen LogP contribution in [0.3, 0.4) is 0 Å². The van der Waals surface area contributed by atoms with Crippen molar-refractivity contribution in [3.63, 3.8) is 0 Å². The van der Waals surface area contributed by atoms with Crippen molar-refractivity contribution in [2.24, 2.45) is 5.73 Å². The number of hydrogen-bond acceptors (Lipinski definition) is 4. The zero-order chi connectivity index (χ0) is 11.8. The van der Waals surface area contributed by atoms with E-state index in [1.807, 2.05) is 11.4 Å². The number of nitrogens with one attached hydrogen (secondary N) is 1. The van der Waals surface area contributed by atoms with Crippen LogP contribution < -0.4 is 11.1 Å². The van der Waals surface area contributed by atoms with Crippen molar-refractivity contribution in [3.8, 4) is 0 Å². The third kappa shape index (κ3) is 4.55. The zero-order valence-electron chi connectivity index (χ0n) is 9.07. The highest BCUT2D eigenvalue weighted by molar-refractivity contribution is 7.12. The van der Waals surface area contributed by atoms with E-state index in [2.05, 4.69) is 5.32 Å². The average molecular weight is 240 g/mol. The Kier molecular flexibility index (Phi) is 5.74. The molecule has 88 valence electrons. The molecule has 0 saturated heterocycles. The van der Waals surface area contributed by atoms with Gasteiger partial charge in [0.15, 0.2) is 5.78 Å². The summed E-state index contributed by atoms with van der Waals surface area (Å²) in [5, 5.41) is 4.57. The molecule has 16 heavy (non-hydrogen) atoms. The summed E-state index contributed by atoms with van der Waals surface area (Å²) in [6.45, 7) is 1.15. The van der Waals surface area contributed by atoms with Gasteiger partial charge in [-0.15, -0.1) is 11.3 Å². The fraction of sp³-hybridized carbons (Fsp3) is 0.455. The van der Waals surface area contributed by atoms with E-state index < -0.39 is 0 Å². The molecule has 4 nitrogen and oxygen atoms in total. The minimum Gasteiger partial charge on any atom is -0.356 e. The van der Waals surface area contributed by atoms with E-state index in [-0.39, 0.29) is 24.5 Å². The molecule has 0 radical (unpaired) electrons. The fourth-order valence-corrected chi connectivity index (χ4v) is 1.90. The summed E-state index contributed by atoms with van der Waals surface area (Å²) in [5.74, 6) is -0.0534. The minimum atomic E-state index is -0.0849. The lowest BCUT2D eigenvalue weighted by molar-refractivity contribution is -0.121. The maximum absolute atomic E-state index is 11.6. The van der Waals surface area contributed by atoms with E-state index in [9.17, 15) is 9.59 Å². The predicted octanol–water partition coefficient (Wildman–Crippen LogP) is 1.18. The Morgan fingerprint density at radius 1 is 1.38 bits per heavy atom. The standard InChI is InChI=1S/C11H16N2O2S/c12-6-2-7-13-11(15)5-4-9(14)10-3-1-8-16-10/h1,3,8H,2,4-7,12H2,(H,13,15). The number of hydrogen-bond donors (Lipinski definition) is 2. The lowest BCUT2D eigenvalue weighted by atomic mass is 10.2. The Morgan fingerprint density at radius 3 is 2.81 bits per heavy atom. The van der Waals surface area contributed by atoms with Crippen LogP contribution in [0.5, 0.6) is 0 Å². The largest absolute Gasteiger partial charge is 0.356 e. The van der Waals surface area contributed by atoms with Crippen LogP contribution >= 0.6 is 11.3 Å². The van der Waals surface area contributed by atoms with Crippen molar-refractivity contribution < 1.29 is 9.59 Å². The Labute approximate surface area is 98.8 Å². The van der Waals surface area contributed by atoms with Gasteiger partial charge in [-0.25, -0.2) is 0 Å². The van der Waals surface area contributed by atoms with Gasteiger partial charge in [0.1, 0.15) is 0 Å². The molecule has 0 aliphatic heterocycles. The number of carbonyl (C=O) groups excluding carboxylic acids is 2. The molecule has 0 fully saturated rings. The van der Waals surface area contributed by atoms with Gasteiger partial charge in [-0.1, -0.05) is 6.07 Å². The molecule has 1 amide bonds. The normalized spacial score (nSPS) is 10.1. The van der Waals surface area contributed by atoms with Gasteiger partial charge in [0.2, 0.25) is 5.91 Å². The lowest BCUT2D eigenvalue weighted by Gasteiger charge is -2.02. The summed E-state index contributed by atoms with van der Waals surface area (Å²) in [4.78, 5) is 23.6. The molecule has 5 heteroatoms. The maximum Gasteiger partial charge on any atom is 0.220 e. The molecule has 0 atom stereocenters. The highest BCUT2D eigenvalue weighted by Crippen LogP contribution is 2.11. The molecule has 3 N–H and O–H groups in total. The van der Waals surface area contributed by atoms with E-state index in [1.54, 1.807) is 6.07 Å². The van der Waals surface area contributed by atoms with E-state index in [4.69, 9.17) is 5.73 Å². The predicted molar refractivity (Wildman–Crippen MR) is 64.6 cm³/mol. The van der Waals surface area contributed by atoms with Crippen LogP contribution in [0.25, 0.3) is 0 Å². The average Bonchev–Trinajstić information content (AvgIpc) is 2.79. The van der Waals surface area contributed by atoms with Gasteiger partial charge < -0.3 is 11.1 Å². The van der Waals surface area contributed by atoms with Crippen molar-refractivity contribution in [1.29, 1.82) is 0 Å². The second-order valence-electron chi connectivity index (χ2n) is 3.39. The molecular formula is C11H16N2O2S. The molecule has 0 aliphatic rings. The summed E-state index contributed by atoms with van der Waals surface area (Å²) in [6, 6.07) is 3.61. The van der Waals surface area contributed by atoms with Crippen molar-refractivity contribution in [2.75, 3.05) is 13.1 Å². The molecule has 0 aromatic carbocycles. The van der Waals surface area contributed by atoms with Crippen LogP contribution in [0.1, 0.15) is 28.9 Å². The van der Waals surface area contributed by atoms with Crippen LogP contribution in [0.15, 0.2) is 17.5 Å². The first kappa shape index (κ1) is 12.9. The third-order valence-electron chi connectivity index (χ3n) is 2.08. The van der Waals surface area contributed by atoms with Gasteiger partial charge in [-0.3, -0.25) is 9.59 Å². The Balaban J connectivity index is 2.19. The Hall–Kier alpha value is -1.20. The smallest absolute Gasteiger partial charge is 0.220 e. The van der Waals surface area contributed by atoms with E-state index >= 15 is 0 Å². The maximum atomic E-state index is 11.6. The van der Waals surface area contributed by atoms with Gasteiger partial charge in [-0.05, 0) is 24.4 Å². The van der Waals surface area contributed by atoms with Gasteiger partial charge in [0.05, 0.1) is 4.88 Å². The van der Waals surface area contributed by atoms with Gasteiger partial charge in [0, 0.05) is 19.4 Å². The third-order valence-corrected chi connectivity index (χ3v) is 2.99. The molecule has 0 saturated carbocycles. The first-order valence-electron chi connectivity index (χ1n) is 5.27. The van der Waals surface area contributed by atoms with E-state index in [1.165, 1.54) is 11.3 Å². The quantitative estimate of drug-likeness (QED) is 0.555. The molecule has 1 aromatic rings. The summed E-state index contributed by atoms with van der Waals surface area (Å²) in [6.07, 6.45) is 1.29. The fourth-order valence-electron chi connectivity index (χ4n) is 1.21. The molecule has 0 spiro atoms. The topological polar surface area (TPSA) is 72.2 Å². The van der Waals surface area contributed by atoms with E-state index in [0.717, 1.165) is 11.3 Å². The first-order valence-corrected chi connectivity index (χ1v) is 6.15. The molecule has 1 rings (SSSR count). The molecule has 0 unspecified atom stereocenters. The monoisotopic (exact) mass is 240 g/mol. The lowest BCUT2D eigenvalue weighted by Crippen LogP contribution is -2.26. The van der Waals surface area contributed by atoms with Gasteiger partial charge in [-0.2, -0.15) is 0 Å². The summed E-state index contributed by atoms with van der Waals surface area (Å²) < 4.78 is 0. The van der Waals surface area contributed by atoms with Gasteiger partial charge in [0.25, 0.3) is 0 Å². The van der Waals surface area contributed by atoms with Crippen molar-refractivity contribution in [3.05, 3.63) is 22.4 Å². The number of ketones is 1. The highest BCUT2D eigenvalue weighted by atomic mass is 32.1. The van der Waals surface area contributed by atoms with Crippen molar-refractivity contribution >= 4 is 23.0 Å². The number of Topliss-reactive ketones (excluding diaryl/α,β-unsaturated/α-hetero) is 1. The number of nitrogens with two attached hydrogens (primary N) is 1. The second kappa shape index (κ2) is 7.14. The minimum absolute atomic E-state index is 0.0315. The molecule has 1 heterocycles. The second-order valence-corrected chi connectivity index (χ2v) is 4.34. The number of thiophene rings is 1. The van der Waals surface area contributed by atoms with E-state index in [0.29, 0.717) is 13.1 Å². The Bertz CT molecular complexity index is 336. The molecular weight excluding hydrogens is 224 g/mol. The molecule has 0 bridgehead atoms. The summed E-state index contributed by atoms with van der Waals surface area (Å²) in [7, 11) is 0. The van der Waals surface area contributed by atoms with Crippen LogP contribution in [0, 0.1) is 0 Å². The molecule has 0 aliphatic carbocycles. The first-order chi connectivity index (χ1) is 7.74. The van der Waals surface area contributed by atoms with Crippen molar-refractivity contribution in [2.45, 2.75) is 19.3 Å². The van der Waals surface area contributed by atoms with Gasteiger partial charge >= 0.3 is 0 Å². The van der Waals surface area contributed by atoms with Crippen LogP contribution in [0.4, 0.5) is 0 Å². The summed E-state index contributed by atoms with van der Waals surface area (Å²) >= 11 is 1.41. The van der Waals surface area contributed by atoms with Crippen LogP contribution in [-0.4, -0.2) is 24.8 Å². The summed E-state index contributed by atoms with van der Waals surface area (Å²) in [5.41, 5.74) is 5.30.